The molecule has 0 bridgehead atoms. The number of nitrogens with one attached hydrogen (secondary N) is 2. The third-order valence-electron chi connectivity index (χ3n) is 5.53. The van der Waals surface area contributed by atoms with Crippen LogP contribution in [0.3, 0.4) is 0 Å². The molecule has 188 valence electrons. The molecule has 1 aromatic heterocycles. The predicted octanol–water partition coefficient (Wildman–Crippen LogP) is 7.04. The quantitative estimate of drug-likeness (QED) is 0.161. The van der Waals surface area contributed by atoms with E-state index in [9.17, 15) is 9.18 Å². The fourth-order valence-electron chi connectivity index (χ4n) is 3.56. The smallest absolute Gasteiger partial charge is 0.271 e. The molecule has 0 aliphatic heterocycles. The Labute approximate surface area is 223 Å². The number of amides is 1. The Morgan fingerprint density at radius 1 is 0.947 bits per heavy atom. The van der Waals surface area contributed by atoms with Crippen molar-refractivity contribution in [3.05, 3.63) is 131 Å². The number of carbonyl (C=O) groups excluding carboxylic acids is 1. The van der Waals surface area contributed by atoms with E-state index in [2.05, 4.69) is 20.8 Å². The Hall–Kier alpha value is -4.82. The van der Waals surface area contributed by atoms with Gasteiger partial charge in [-0.05, 0) is 59.7 Å². The van der Waals surface area contributed by atoms with E-state index in [-0.39, 0.29) is 11.7 Å². The number of para-hydroxylation sites is 1. The van der Waals surface area contributed by atoms with Crippen LogP contribution < -0.4 is 15.5 Å². The van der Waals surface area contributed by atoms with Gasteiger partial charge in [0.05, 0.1) is 11.9 Å². The number of carbonyl (C=O) groups is 1. The van der Waals surface area contributed by atoms with Crippen LogP contribution in [0, 0.1) is 5.82 Å². The van der Waals surface area contributed by atoms with Crippen molar-refractivity contribution in [3.8, 4) is 17.0 Å². The van der Waals surface area contributed by atoms with Crippen LogP contribution in [0.1, 0.15) is 21.5 Å². The van der Waals surface area contributed by atoms with Crippen molar-refractivity contribution < 1.29 is 13.9 Å². The summed E-state index contributed by atoms with van der Waals surface area (Å²) in [4.78, 5) is 17.2. The Kier molecular flexibility index (Phi) is 7.81. The summed E-state index contributed by atoms with van der Waals surface area (Å²) in [6.07, 6.45) is 1.55. The number of thiazole rings is 1. The zero-order chi connectivity index (χ0) is 26.2. The molecule has 1 heterocycles. The molecule has 0 aliphatic rings. The van der Waals surface area contributed by atoms with Crippen LogP contribution in [0.2, 0.25) is 0 Å². The number of rotatable bonds is 9. The molecule has 0 unspecified atom stereocenters. The molecule has 0 saturated heterocycles. The van der Waals surface area contributed by atoms with Gasteiger partial charge in [-0.3, -0.25) is 4.79 Å². The minimum Gasteiger partial charge on any atom is -0.489 e. The topological polar surface area (TPSA) is 75.6 Å². The lowest BCUT2D eigenvalue weighted by atomic mass is 10.1. The van der Waals surface area contributed by atoms with Crippen molar-refractivity contribution >= 4 is 34.3 Å². The molecule has 4 aromatic carbocycles. The van der Waals surface area contributed by atoms with Gasteiger partial charge in [0.15, 0.2) is 5.13 Å². The minimum absolute atomic E-state index is 0.282. The normalized spacial score (nSPS) is 10.9. The van der Waals surface area contributed by atoms with Crippen LogP contribution in [0.4, 0.5) is 15.2 Å². The number of hydrazone groups is 1. The summed E-state index contributed by atoms with van der Waals surface area (Å²) in [6.45, 7) is 0.319. The average Bonchev–Trinajstić information content (AvgIpc) is 3.42. The maximum Gasteiger partial charge on any atom is 0.271 e. The fraction of sp³-hybridized carbons (Fsp3) is 0.0333. The van der Waals surface area contributed by atoms with Crippen LogP contribution >= 0.6 is 11.3 Å². The van der Waals surface area contributed by atoms with E-state index in [1.54, 1.807) is 30.5 Å². The molecule has 38 heavy (non-hydrogen) atoms. The molecule has 8 heteroatoms. The van der Waals surface area contributed by atoms with Crippen molar-refractivity contribution in [2.24, 2.45) is 5.10 Å². The Morgan fingerprint density at radius 2 is 1.74 bits per heavy atom. The lowest BCUT2D eigenvalue weighted by Gasteiger charge is -2.07. The van der Waals surface area contributed by atoms with Gasteiger partial charge in [0.1, 0.15) is 18.2 Å². The van der Waals surface area contributed by atoms with Gasteiger partial charge in [-0.15, -0.1) is 11.3 Å². The minimum atomic E-state index is -0.318. The molecule has 2 N–H and O–H groups in total. The van der Waals surface area contributed by atoms with E-state index in [1.807, 2.05) is 72.1 Å². The highest BCUT2D eigenvalue weighted by molar-refractivity contribution is 7.14. The maximum absolute atomic E-state index is 13.0. The van der Waals surface area contributed by atoms with Gasteiger partial charge in [0.25, 0.3) is 5.91 Å². The Morgan fingerprint density at radius 3 is 2.53 bits per heavy atom. The van der Waals surface area contributed by atoms with Gasteiger partial charge in [-0.1, -0.05) is 54.6 Å². The number of hydrogen-bond donors (Lipinski definition) is 2. The molecule has 0 aliphatic carbocycles. The molecule has 5 aromatic rings. The number of anilines is 2. The van der Waals surface area contributed by atoms with Crippen molar-refractivity contribution in [2.75, 3.05) is 5.32 Å². The van der Waals surface area contributed by atoms with Crippen molar-refractivity contribution in [3.63, 3.8) is 0 Å². The summed E-state index contributed by atoms with van der Waals surface area (Å²) >= 11 is 1.52. The van der Waals surface area contributed by atoms with E-state index < -0.39 is 0 Å². The maximum atomic E-state index is 13.0. The van der Waals surface area contributed by atoms with Crippen LogP contribution in [-0.4, -0.2) is 17.1 Å². The summed E-state index contributed by atoms with van der Waals surface area (Å²) in [5.41, 5.74) is 7.39. The lowest BCUT2D eigenvalue weighted by Crippen LogP contribution is -2.17. The summed E-state index contributed by atoms with van der Waals surface area (Å²) < 4.78 is 18.8. The SMILES string of the molecule is O=C(N/N=C\c1cccc(OCc2ccc(F)cc2)c1)c1ccc(-c2csc(Nc3ccccc3)n2)cc1. The first-order valence-electron chi connectivity index (χ1n) is 11.8. The largest absolute Gasteiger partial charge is 0.489 e. The molecule has 0 fully saturated rings. The van der Waals surface area contributed by atoms with Gasteiger partial charge in [0.2, 0.25) is 0 Å². The zero-order valence-electron chi connectivity index (χ0n) is 20.2. The molecular weight excluding hydrogens is 499 g/mol. The van der Waals surface area contributed by atoms with E-state index in [0.29, 0.717) is 17.9 Å². The van der Waals surface area contributed by atoms with E-state index in [4.69, 9.17) is 4.74 Å². The van der Waals surface area contributed by atoms with Gasteiger partial charge in [0, 0.05) is 22.2 Å². The number of aromatic nitrogens is 1. The second kappa shape index (κ2) is 11.9. The number of hydrogen-bond acceptors (Lipinski definition) is 6. The average molecular weight is 523 g/mol. The molecule has 6 nitrogen and oxygen atoms in total. The van der Waals surface area contributed by atoms with E-state index in [1.165, 1.54) is 23.5 Å². The first-order valence-corrected chi connectivity index (χ1v) is 12.7. The highest BCUT2D eigenvalue weighted by atomic mass is 32.1. The molecule has 0 radical (unpaired) electrons. The van der Waals surface area contributed by atoms with Crippen LogP contribution in [-0.2, 0) is 6.61 Å². The third kappa shape index (κ3) is 6.68. The molecule has 0 atom stereocenters. The first-order chi connectivity index (χ1) is 18.6. The molecular formula is C30H23FN4O2S. The number of halogens is 1. The number of nitrogens with zero attached hydrogens (tertiary/aromatic N) is 2. The second-order valence-corrected chi connectivity index (χ2v) is 9.15. The third-order valence-corrected chi connectivity index (χ3v) is 6.29. The van der Waals surface area contributed by atoms with Crippen LogP contribution in [0.5, 0.6) is 5.75 Å². The Balaban J connectivity index is 1.14. The highest BCUT2D eigenvalue weighted by Crippen LogP contribution is 2.27. The molecule has 0 saturated carbocycles. The van der Waals surface area contributed by atoms with Crippen molar-refractivity contribution in [2.45, 2.75) is 6.61 Å². The van der Waals surface area contributed by atoms with E-state index in [0.717, 1.165) is 33.2 Å². The highest BCUT2D eigenvalue weighted by Gasteiger charge is 2.08. The fourth-order valence-corrected chi connectivity index (χ4v) is 4.30. The number of ether oxygens (including phenoxy) is 1. The summed E-state index contributed by atoms with van der Waals surface area (Å²) in [7, 11) is 0. The first kappa shape index (κ1) is 24.9. The standard InChI is InChI=1S/C30H23FN4O2S/c31-25-15-9-21(10-16-25)19-37-27-8-4-5-22(17-27)18-32-35-29(36)24-13-11-23(12-14-24)28-20-38-30(34-28)33-26-6-2-1-3-7-26/h1-18,20H,19H2,(H,33,34)(H,35,36)/b32-18-. The Bertz CT molecular complexity index is 1540. The molecule has 0 spiro atoms. The van der Waals surface area contributed by atoms with Gasteiger partial charge < -0.3 is 10.1 Å². The van der Waals surface area contributed by atoms with Gasteiger partial charge in [-0.25, -0.2) is 14.8 Å². The summed E-state index contributed by atoms with van der Waals surface area (Å²) in [5, 5.41) is 10.1. The van der Waals surface area contributed by atoms with Gasteiger partial charge >= 0.3 is 0 Å². The zero-order valence-corrected chi connectivity index (χ0v) is 21.0. The monoisotopic (exact) mass is 522 g/mol. The van der Waals surface area contributed by atoms with Gasteiger partial charge in [-0.2, -0.15) is 5.10 Å². The van der Waals surface area contributed by atoms with E-state index >= 15 is 0 Å². The molecule has 5 rings (SSSR count). The lowest BCUT2D eigenvalue weighted by molar-refractivity contribution is 0.0955. The number of benzene rings is 4. The van der Waals surface area contributed by atoms with Crippen LogP contribution in [0.25, 0.3) is 11.3 Å². The second-order valence-electron chi connectivity index (χ2n) is 8.29. The summed E-state index contributed by atoms with van der Waals surface area (Å²) in [5.74, 6) is 0.0423. The van der Waals surface area contributed by atoms with Crippen molar-refractivity contribution in [1.82, 2.24) is 10.4 Å². The molecule has 1 amide bonds. The predicted molar refractivity (Wildman–Crippen MR) is 150 cm³/mol. The summed E-state index contributed by atoms with van der Waals surface area (Å²) in [6, 6.07) is 30.6. The van der Waals surface area contributed by atoms with Crippen molar-refractivity contribution in [1.29, 1.82) is 0 Å². The van der Waals surface area contributed by atoms with Crippen LogP contribution in [0.15, 0.2) is 114 Å².